The Labute approximate surface area is 96.7 Å². The molecule has 0 aliphatic heterocycles. The second kappa shape index (κ2) is 3.55. The Morgan fingerprint density at radius 1 is 1.24 bits per heavy atom. The molecule has 0 aliphatic carbocycles. The smallest absolute Gasteiger partial charge is 0.291 e. The highest BCUT2D eigenvalue weighted by Crippen LogP contribution is 2.25. The van der Waals surface area contributed by atoms with Gasteiger partial charge in [0.15, 0.2) is 5.65 Å². The van der Waals surface area contributed by atoms with E-state index in [4.69, 9.17) is 0 Å². The summed E-state index contributed by atoms with van der Waals surface area (Å²) in [6.07, 6.45) is 1.19. The molecule has 1 N–H and O–H groups in total. The maximum Gasteiger partial charge on any atom is 0.291 e. The Balaban J connectivity index is 2.41. The molecule has 0 saturated carbocycles. The molecule has 3 aromatic rings. The number of fused-ring (bicyclic) bond motifs is 1. The highest BCUT2D eigenvalue weighted by molar-refractivity contribution is 5.79. The zero-order chi connectivity index (χ0) is 11.8. The maximum atomic E-state index is 11.6. The Morgan fingerprint density at radius 3 is 2.76 bits per heavy atom. The number of benzene rings is 1. The number of nitrogens with zero attached hydrogens (tertiary/aromatic N) is 3. The Hall–Kier alpha value is -2.43. The number of H-pyrrole nitrogens is 1. The first kappa shape index (κ1) is 9.77. The summed E-state index contributed by atoms with van der Waals surface area (Å²) in [6.45, 7) is 1.91. The van der Waals surface area contributed by atoms with Gasteiger partial charge >= 0.3 is 0 Å². The topological polar surface area (TPSA) is 63.0 Å². The summed E-state index contributed by atoms with van der Waals surface area (Å²) in [5.41, 5.74) is 3.18. The van der Waals surface area contributed by atoms with Gasteiger partial charge in [-0.1, -0.05) is 30.3 Å². The summed E-state index contributed by atoms with van der Waals surface area (Å²) in [4.78, 5) is 11.6. The van der Waals surface area contributed by atoms with E-state index in [1.807, 2.05) is 37.3 Å². The number of aryl methyl sites for hydroxylation is 1. The van der Waals surface area contributed by atoms with Gasteiger partial charge < -0.3 is 0 Å². The molecule has 17 heavy (non-hydrogen) atoms. The Morgan fingerprint density at radius 2 is 2.00 bits per heavy atom. The Kier molecular flexibility index (Phi) is 2.04. The molecule has 1 aromatic carbocycles. The lowest BCUT2D eigenvalue weighted by atomic mass is 10.1. The molecule has 5 heteroatoms. The van der Waals surface area contributed by atoms with E-state index in [0.29, 0.717) is 5.65 Å². The van der Waals surface area contributed by atoms with Crippen LogP contribution in [0.4, 0.5) is 0 Å². The molecule has 0 amide bonds. The van der Waals surface area contributed by atoms with Gasteiger partial charge in [-0.15, -0.1) is 5.10 Å². The molecule has 0 unspecified atom stereocenters. The first-order chi connectivity index (χ1) is 8.27. The first-order valence-electron chi connectivity index (χ1n) is 5.26. The zero-order valence-electron chi connectivity index (χ0n) is 9.21. The predicted octanol–water partition coefficient (Wildman–Crippen LogP) is 1.39. The van der Waals surface area contributed by atoms with Gasteiger partial charge in [0, 0.05) is 11.3 Å². The average Bonchev–Trinajstić information content (AvgIpc) is 2.68. The molecule has 5 nitrogen and oxygen atoms in total. The molecule has 0 saturated heterocycles. The summed E-state index contributed by atoms with van der Waals surface area (Å²) in [7, 11) is 0. The molecule has 0 atom stereocenters. The summed E-state index contributed by atoms with van der Waals surface area (Å²) >= 11 is 0. The standard InChI is InChI=1S/C12H10N4O/c1-8-11(9-5-3-2-4-6-9)12-14-13-7-10(17)16(12)15-8/h2-7,15H,1H3. The van der Waals surface area contributed by atoms with Crippen LogP contribution in [0.25, 0.3) is 16.8 Å². The minimum Gasteiger partial charge on any atom is -0.293 e. The molecular weight excluding hydrogens is 216 g/mol. The van der Waals surface area contributed by atoms with E-state index in [2.05, 4.69) is 15.3 Å². The van der Waals surface area contributed by atoms with Crippen molar-refractivity contribution in [2.45, 2.75) is 6.92 Å². The second-order valence-corrected chi connectivity index (χ2v) is 3.82. The van der Waals surface area contributed by atoms with Crippen LogP contribution in [0.3, 0.4) is 0 Å². The fourth-order valence-corrected chi connectivity index (χ4v) is 1.95. The van der Waals surface area contributed by atoms with Gasteiger partial charge in [-0.2, -0.15) is 9.61 Å². The van der Waals surface area contributed by atoms with E-state index in [9.17, 15) is 4.79 Å². The third-order valence-electron chi connectivity index (χ3n) is 2.69. The molecule has 0 aliphatic rings. The van der Waals surface area contributed by atoms with E-state index in [0.717, 1.165) is 16.8 Å². The van der Waals surface area contributed by atoms with Crippen LogP contribution in [0.5, 0.6) is 0 Å². The van der Waals surface area contributed by atoms with Crippen LogP contribution in [-0.2, 0) is 0 Å². The number of rotatable bonds is 1. The summed E-state index contributed by atoms with van der Waals surface area (Å²) < 4.78 is 1.41. The van der Waals surface area contributed by atoms with Crippen molar-refractivity contribution in [1.82, 2.24) is 19.8 Å². The van der Waals surface area contributed by atoms with Crippen molar-refractivity contribution in [2.24, 2.45) is 0 Å². The molecule has 0 fully saturated rings. The number of hydrogen-bond acceptors (Lipinski definition) is 3. The molecule has 2 aromatic heterocycles. The van der Waals surface area contributed by atoms with Crippen molar-refractivity contribution in [1.29, 1.82) is 0 Å². The molecule has 3 rings (SSSR count). The summed E-state index contributed by atoms with van der Waals surface area (Å²) in [5, 5.41) is 10.7. The number of aromatic nitrogens is 4. The van der Waals surface area contributed by atoms with Crippen LogP contribution >= 0.6 is 0 Å². The lowest BCUT2D eigenvalue weighted by Crippen LogP contribution is -2.14. The van der Waals surface area contributed by atoms with Gasteiger partial charge in [-0.05, 0) is 12.5 Å². The minimum absolute atomic E-state index is 0.208. The molecular formula is C12H10N4O. The molecule has 2 heterocycles. The van der Waals surface area contributed by atoms with Gasteiger partial charge in [-0.3, -0.25) is 9.89 Å². The summed E-state index contributed by atoms with van der Waals surface area (Å²) in [5.74, 6) is 0. The van der Waals surface area contributed by atoms with Crippen molar-refractivity contribution >= 4 is 5.65 Å². The van der Waals surface area contributed by atoms with Crippen LogP contribution in [0, 0.1) is 6.92 Å². The van der Waals surface area contributed by atoms with Gasteiger partial charge in [0.1, 0.15) is 6.20 Å². The number of aromatic amines is 1. The normalized spacial score (nSPS) is 10.9. The van der Waals surface area contributed by atoms with E-state index in [1.165, 1.54) is 10.7 Å². The quantitative estimate of drug-likeness (QED) is 0.682. The predicted molar refractivity (Wildman–Crippen MR) is 63.8 cm³/mol. The fourth-order valence-electron chi connectivity index (χ4n) is 1.95. The van der Waals surface area contributed by atoms with Gasteiger partial charge in [-0.25, -0.2) is 0 Å². The first-order valence-corrected chi connectivity index (χ1v) is 5.26. The van der Waals surface area contributed by atoms with Gasteiger partial charge in [0.25, 0.3) is 5.56 Å². The van der Waals surface area contributed by atoms with Crippen molar-refractivity contribution in [3.63, 3.8) is 0 Å². The zero-order valence-corrected chi connectivity index (χ0v) is 9.21. The molecule has 0 radical (unpaired) electrons. The van der Waals surface area contributed by atoms with Crippen LogP contribution < -0.4 is 5.56 Å². The SMILES string of the molecule is Cc1[nH]n2c(=O)cnnc2c1-c1ccccc1. The second-order valence-electron chi connectivity index (χ2n) is 3.82. The molecule has 0 bridgehead atoms. The third-order valence-corrected chi connectivity index (χ3v) is 2.69. The minimum atomic E-state index is -0.208. The van der Waals surface area contributed by atoms with Crippen LogP contribution in [0.2, 0.25) is 0 Å². The fraction of sp³-hybridized carbons (Fsp3) is 0.0833. The van der Waals surface area contributed by atoms with E-state index in [1.54, 1.807) is 0 Å². The largest absolute Gasteiger partial charge is 0.293 e. The van der Waals surface area contributed by atoms with Crippen LogP contribution in [0.1, 0.15) is 5.69 Å². The van der Waals surface area contributed by atoms with Crippen LogP contribution in [-0.4, -0.2) is 19.8 Å². The van der Waals surface area contributed by atoms with Crippen molar-refractivity contribution in [3.8, 4) is 11.1 Å². The molecule has 84 valence electrons. The number of nitrogens with one attached hydrogen (secondary N) is 1. The third kappa shape index (κ3) is 1.44. The van der Waals surface area contributed by atoms with E-state index >= 15 is 0 Å². The van der Waals surface area contributed by atoms with Crippen molar-refractivity contribution in [2.75, 3.05) is 0 Å². The van der Waals surface area contributed by atoms with E-state index in [-0.39, 0.29) is 5.56 Å². The highest BCUT2D eigenvalue weighted by atomic mass is 16.1. The van der Waals surface area contributed by atoms with Gasteiger partial charge in [0.2, 0.25) is 0 Å². The van der Waals surface area contributed by atoms with Crippen molar-refractivity contribution < 1.29 is 0 Å². The molecule has 0 spiro atoms. The Bertz CT molecular complexity index is 727. The monoisotopic (exact) mass is 226 g/mol. The highest BCUT2D eigenvalue weighted by Gasteiger charge is 2.12. The van der Waals surface area contributed by atoms with Crippen LogP contribution in [0.15, 0.2) is 41.3 Å². The lowest BCUT2D eigenvalue weighted by Gasteiger charge is -1.98. The summed E-state index contributed by atoms with van der Waals surface area (Å²) in [6, 6.07) is 9.82. The maximum absolute atomic E-state index is 11.6. The number of hydrogen-bond donors (Lipinski definition) is 1. The van der Waals surface area contributed by atoms with Crippen molar-refractivity contribution in [3.05, 3.63) is 52.6 Å². The van der Waals surface area contributed by atoms with Gasteiger partial charge in [0.05, 0.1) is 0 Å². The lowest BCUT2D eigenvalue weighted by molar-refractivity contribution is 0.841. The van der Waals surface area contributed by atoms with E-state index < -0.39 is 0 Å². The average molecular weight is 226 g/mol.